The molecular formula is C16H25NO2. The molecule has 1 aromatic carbocycles. The third-order valence-corrected chi connectivity index (χ3v) is 3.73. The van der Waals surface area contributed by atoms with Crippen molar-refractivity contribution >= 4 is 0 Å². The molecule has 0 aliphatic heterocycles. The highest BCUT2D eigenvalue weighted by molar-refractivity contribution is 5.47. The van der Waals surface area contributed by atoms with Gasteiger partial charge in [0.15, 0.2) is 0 Å². The fourth-order valence-electron chi connectivity index (χ4n) is 2.36. The molecule has 19 heavy (non-hydrogen) atoms. The first-order valence-corrected chi connectivity index (χ1v) is 7.33. The Bertz CT molecular complexity index is 402. The fraction of sp³-hybridized carbons (Fsp3) is 0.625. The molecule has 0 aromatic heterocycles. The van der Waals surface area contributed by atoms with E-state index in [0.29, 0.717) is 6.10 Å². The Labute approximate surface area is 116 Å². The van der Waals surface area contributed by atoms with Crippen LogP contribution in [0.15, 0.2) is 18.2 Å². The summed E-state index contributed by atoms with van der Waals surface area (Å²) in [5.74, 6) is 1.88. The molecule has 1 aliphatic carbocycles. The minimum atomic E-state index is 0.242. The molecule has 0 spiro atoms. The quantitative estimate of drug-likeness (QED) is 0.814. The van der Waals surface area contributed by atoms with Crippen molar-refractivity contribution in [2.45, 2.75) is 51.7 Å². The van der Waals surface area contributed by atoms with Gasteiger partial charge < -0.3 is 14.8 Å². The molecule has 0 saturated heterocycles. The summed E-state index contributed by atoms with van der Waals surface area (Å²) in [4.78, 5) is 0. The molecule has 0 heterocycles. The van der Waals surface area contributed by atoms with Crippen molar-refractivity contribution < 1.29 is 9.47 Å². The highest BCUT2D eigenvalue weighted by Crippen LogP contribution is 2.36. The second-order valence-corrected chi connectivity index (χ2v) is 5.22. The Morgan fingerprint density at radius 3 is 2.63 bits per heavy atom. The van der Waals surface area contributed by atoms with Gasteiger partial charge in [0.25, 0.3) is 0 Å². The Balaban J connectivity index is 2.19. The van der Waals surface area contributed by atoms with Gasteiger partial charge in [0.05, 0.1) is 18.8 Å². The summed E-state index contributed by atoms with van der Waals surface area (Å²) in [5.41, 5.74) is 1.14. The third kappa shape index (κ3) is 3.41. The monoisotopic (exact) mass is 263 g/mol. The maximum Gasteiger partial charge on any atom is 0.128 e. The van der Waals surface area contributed by atoms with E-state index in [2.05, 4.69) is 25.2 Å². The molecule has 1 aromatic rings. The van der Waals surface area contributed by atoms with Gasteiger partial charge in [0.2, 0.25) is 0 Å². The average molecular weight is 263 g/mol. The van der Waals surface area contributed by atoms with E-state index in [9.17, 15) is 0 Å². The van der Waals surface area contributed by atoms with Crippen LogP contribution in [0.4, 0.5) is 0 Å². The van der Waals surface area contributed by atoms with Crippen LogP contribution in [-0.2, 0) is 0 Å². The maximum absolute atomic E-state index is 6.11. The highest BCUT2D eigenvalue weighted by Gasteiger charge is 2.23. The maximum atomic E-state index is 6.11. The molecule has 1 unspecified atom stereocenters. The lowest BCUT2D eigenvalue weighted by Crippen LogP contribution is -2.26. The predicted octanol–water partition coefficient (Wildman–Crippen LogP) is 3.69. The summed E-state index contributed by atoms with van der Waals surface area (Å²) >= 11 is 0. The van der Waals surface area contributed by atoms with Crippen LogP contribution in [0.3, 0.4) is 0 Å². The van der Waals surface area contributed by atoms with Gasteiger partial charge in [0.1, 0.15) is 11.5 Å². The van der Waals surface area contributed by atoms with Crippen LogP contribution in [0.1, 0.15) is 51.1 Å². The lowest BCUT2D eigenvalue weighted by Gasteiger charge is -2.29. The molecule has 1 aliphatic rings. The molecule has 106 valence electrons. The predicted molar refractivity (Wildman–Crippen MR) is 78.0 cm³/mol. The lowest BCUT2D eigenvalue weighted by atomic mass is 9.96. The zero-order chi connectivity index (χ0) is 13.7. The molecule has 0 bridgehead atoms. The van der Waals surface area contributed by atoms with Gasteiger partial charge in [-0.25, -0.2) is 0 Å². The van der Waals surface area contributed by atoms with Crippen molar-refractivity contribution in [3.8, 4) is 11.5 Å². The topological polar surface area (TPSA) is 30.5 Å². The van der Waals surface area contributed by atoms with Crippen molar-refractivity contribution in [1.82, 2.24) is 5.32 Å². The number of hydrogen-bond donors (Lipinski definition) is 1. The molecular weight excluding hydrogens is 238 g/mol. The number of nitrogens with one attached hydrogen (secondary N) is 1. The fourth-order valence-corrected chi connectivity index (χ4v) is 2.36. The second kappa shape index (κ2) is 6.80. The molecule has 0 amide bonds. The minimum absolute atomic E-state index is 0.242. The van der Waals surface area contributed by atoms with E-state index < -0.39 is 0 Å². The standard InChI is InChI=1S/C16H25NO2/c1-4-11-17-12(2)16-14(18-3)9-6-10-15(16)19-13-7-5-8-13/h6,9-10,12-13,17H,4-5,7-8,11H2,1-3H3. The smallest absolute Gasteiger partial charge is 0.128 e. The van der Waals surface area contributed by atoms with Crippen molar-refractivity contribution in [3.63, 3.8) is 0 Å². The Morgan fingerprint density at radius 1 is 1.32 bits per heavy atom. The summed E-state index contributed by atoms with van der Waals surface area (Å²) in [7, 11) is 1.72. The second-order valence-electron chi connectivity index (χ2n) is 5.22. The van der Waals surface area contributed by atoms with E-state index in [4.69, 9.17) is 9.47 Å². The van der Waals surface area contributed by atoms with Gasteiger partial charge in [0, 0.05) is 6.04 Å². The highest BCUT2D eigenvalue weighted by atomic mass is 16.5. The first-order chi connectivity index (χ1) is 9.26. The molecule has 2 rings (SSSR count). The van der Waals surface area contributed by atoms with Gasteiger partial charge in [-0.05, 0) is 51.3 Å². The van der Waals surface area contributed by atoms with E-state index >= 15 is 0 Å². The zero-order valence-electron chi connectivity index (χ0n) is 12.2. The first kappa shape index (κ1) is 14.2. The van der Waals surface area contributed by atoms with Crippen LogP contribution in [0.25, 0.3) is 0 Å². The van der Waals surface area contributed by atoms with Gasteiger partial charge in [-0.1, -0.05) is 13.0 Å². The molecule has 3 heteroatoms. The van der Waals surface area contributed by atoms with Gasteiger partial charge in [-0.3, -0.25) is 0 Å². The average Bonchev–Trinajstić information content (AvgIpc) is 2.39. The summed E-state index contributed by atoms with van der Waals surface area (Å²) in [6.45, 7) is 5.34. The number of ether oxygens (including phenoxy) is 2. The largest absolute Gasteiger partial charge is 0.496 e. The molecule has 0 radical (unpaired) electrons. The van der Waals surface area contributed by atoms with E-state index in [1.54, 1.807) is 7.11 Å². The third-order valence-electron chi connectivity index (χ3n) is 3.73. The zero-order valence-corrected chi connectivity index (χ0v) is 12.2. The summed E-state index contributed by atoms with van der Waals surface area (Å²) < 4.78 is 11.6. The van der Waals surface area contributed by atoms with Crippen LogP contribution in [0.5, 0.6) is 11.5 Å². The summed E-state index contributed by atoms with van der Waals surface area (Å²) in [5, 5.41) is 3.51. The number of rotatable bonds is 7. The summed E-state index contributed by atoms with van der Waals surface area (Å²) in [6, 6.07) is 6.31. The van der Waals surface area contributed by atoms with Gasteiger partial charge in [-0.2, -0.15) is 0 Å². The van der Waals surface area contributed by atoms with Crippen LogP contribution in [-0.4, -0.2) is 19.8 Å². The summed E-state index contributed by atoms with van der Waals surface area (Å²) in [6.07, 6.45) is 5.15. The molecule has 1 N–H and O–H groups in total. The van der Waals surface area contributed by atoms with Crippen LogP contribution < -0.4 is 14.8 Å². The van der Waals surface area contributed by atoms with Gasteiger partial charge in [-0.15, -0.1) is 0 Å². The number of hydrogen-bond acceptors (Lipinski definition) is 3. The normalized spacial score (nSPS) is 16.8. The van der Waals surface area contributed by atoms with Crippen LogP contribution in [0, 0.1) is 0 Å². The minimum Gasteiger partial charge on any atom is -0.496 e. The molecule has 1 saturated carbocycles. The van der Waals surface area contributed by atoms with E-state index in [-0.39, 0.29) is 6.04 Å². The Hall–Kier alpha value is -1.22. The first-order valence-electron chi connectivity index (χ1n) is 7.33. The Morgan fingerprint density at radius 2 is 2.05 bits per heavy atom. The van der Waals surface area contributed by atoms with E-state index in [1.165, 1.54) is 19.3 Å². The van der Waals surface area contributed by atoms with Gasteiger partial charge >= 0.3 is 0 Å². The lowest BCUT2D eigenvalue weighted by molar-refractivity contribution is 0.118. The number of benzene rings is 1. The van der Waals surface area contributed by atoms with E-state index in [1.807, 2.05) is 12.1 Å². The SMILES string of the molecule is CCCNC(C)c1c(OC)cccc1OC1CCC1. The van der Waals surface area contributed by atoms with Crippen molar-refractivity contribution in [2.75, 3.05) is 13.7 Å². The number of methoxy groups -OCH3 is 1. The Kier molecular flexibility index (Phi) is 5.08. The van der Waals surface area contributed by atoms with Crippen molar-refractivity contribution in [1.29, 1.82) is 0 Å². The molecule has 3 nitrogen and oxygen atoms in total. The molecule has 1 atom stereocenters. The molecule has 1 fully saturated rings. The van der Waals surface area contributed by atoms with Crippen molar-refractivity contribution in [3.05, 3.63) is 23.8 Å². The van der Waals surface area contributed by atoms with Crippen molar-refractivity contribution in [2.24, 2.45) is 0 Å². The van der Waals surface area contributed by atoms with Crippen LogP contribution >= 0.6 is 0 Å². The van der Waals surface area contributed by atoms with E-state index in [0.717, 1.165) is 30.0 Å². The van der Waals surface area contributed by atoms with Crippen LogP contribution in [0.2, 0.25) is 0 Å².